The van der Waals surface area contributed by atoms with Crippen LogP contribution >= 0.6 is 23.2 Å². The molecule has 3 rings (SSSR count). The molecule has 122 valence electrons. The van der Waals surface area contributed by atoms with Crippen LogP contribution in [0.2, 0.25) is 10.0 Å². The van der Waals surface area contributed by atoms with Gasteiger partial charge in [-0.3, -0.25) is 0 Å². The van der Waals surface area contributed by atoms with E-state index in [1.165, 1.54) is 0 Å². The zero-order valence-electron chi connectivity index (χ0n) is 12.3. The molecule has 6 nitrogen and oxygen atoms in total. The highest BCUT2D eigenvalue weighted by atomic mass is 35.5. The van der Waals surface area contributed by atoms with E-state index in [4.69, 9.17) is 38.4 Å². The maximum atomic E-state index is 6.18. The number of hydrogen-bond donors (Lipinski definition) is 1. The third-order valence-electron chi connectivity index (χ3n) is 3.47. The molecular formula is C15H16Cl2N4O2. The first-order chi connectivity index (χ1) is 11.1. The number of ether oxygens (including phenoxy) is 2. The van der Waals surface area contributed by atoms with E-state index in [0.717, 1.165) is 6.42 Å². The Hall–Kier alpha value is -1.47. The fraction of sp³-hybridized carbons (Fsp3) is 0.400. The van der Waals surface area contributed by atoms with Crippen LogP contribution in [0.1, 0.15) is 12.2 Å². The molecule has 0 aliphatic carbocycles. The number of nitrogen functional groups attached to an aromatic ring is 1. The van der Waals surface area contributed by atoms with E-state index >= 15 is 0 Å². The monoisotopic (exact) mass is 354 g/mol. The summed E-state index contributed by atoms with van der Waals surface area (Å²) in [7, 11) is 0. The van der Waals surface area contributed by atoms with Crippen molar-refractivity contribution in [2.75, 3.05) is 25.6 Å². The van der Waals surface area contributed by atoms with Gasteiger partial charge in [0, 0.05) is 18.6 Å². The maximum absolute atomic E-state index is 6.18. The highest BCUT2D eigenvalue weighted by Gasteiger charge is 2.18. The highest BCUT2D eigenvalue weighted by molar-refractivity contribution is 6.43. The van der Waals surface area contributed by atoms with Gasteiger partial charge in [-0.2, -0.15) is 0 Å². The third kappa shape index (κ3) is 3.90. The summed E-state index contributed by atoms with van der Waals surface area (Å²) in [4.78, 5) is 4.29. The lowest BCUT2D eigenvalue weighted by Gasteiger charge is -2.25. The quantitative estimate of drug-likeness (QED) is 0.803. The predicted molar refractivity (Wildman–Crippen MR) is 88.6 cm³/mol. The fourth-order valence-electron chi connectivity index (χ4n) is 2.15. The van der Waals surface area contributed by atoms with E-state index in [2.05, 4.69) is 15.2 Å². The molecule has 1 aromatic carbocycles. The molecule has 1 aliphatic heterocycles. The second-order valence-electron chi connectivity index (χ2n) is 5.20. The summed E-state index contributed by atoms with van der Waals surface area (Å²) in [5.74, 6) is 0.866. The van der Waals surface area contributed by atoms with Crippen molar-refractivity contribution in [1.29, 1.82) is 0 Å². The smallest absolute Gasteiger partial charge is 0.154 e. The molecule has 2 N–H and O–H groups in total. The maximum Gasteiger partial charge on any atom is 0.154 e. The van der Waals surface area contributed by atoms with E-state index in [1.807, 2.05) is 0 Å². The molecule has 8 heteroatoms. The minimum Gasteiger partial charge on any atom is -0.382 e. The molecule has 1 aromatic heterocycles. The van der Waals surface area contributed by atoms with Crippen LogP contribution in [0.5, 0.6) is 0 Å². The molecule has 2 aromatic rings. The fourth-order valence-corrected chi connectivity index (χ4v) is 2.54. The van der Waals surface area contributed by atoms with Crippen LogP contribution in [0.3, 0.4) is 0 Å². The third-order valence-corrected chi connectivity index (χ3v) is 4.29. The number of aromatic nitrogens is 3. The minimum absolute atomic E-state index is 0.228. The van der Waals surface area contributed by atoms with Gasteiger partial charge in [0.15, 0.2) is 11.6 Å². The van der Waals surface area contributed by atoms with Crippen molar-refractivity contribution in [3.63, 3.8) is 0 Å². The van der Waals surface area contributed by atoms with Gasteiger partial charge in [0.2, 0.25) is 0 Å². The SMILES string of the molecule is Nc1nc(CCCOC2COC2)nnc1-c1cccc(Cl)c1Cl. The summed E-state index contributed by atoms with van der Waals surface area (Å²) < 4.78 is 10.6. The Morgan fingerprint density at radius 3 is 2.78 bits per heavy atom. The summed E-state index contributed by atoms with van der Waals surface area (Å²) in [5.41, 5.74) is 7.05. The summed E-state index contributed by atoms with van der Waals surface area (Å²) >= 11 is 12.2. The molecule has 0 spiro atoms. The van der Waals surface area contributed by atoms with Crippen molar-refractivity contribution in [1.82, 2.24) is 15.2 Å². The second kappa shape index (κ2) is 7.40. The Kier molecular flexibility index (Phi) is 5.27. The molecular weight excluding hydrogens is 339 g/mol. The first kappa shape index (κ1) is 16.4. The Morgan fingerprint density at radius 2 is 2.09 bits per heavy atom. The minimum atomic E-state index is 0.228. The van der Waals surface area contributed by atoms with Gasteiger partial charge >= 0.3 is 0 Å². The molecule has 0 bridgehead atoms. The first-order valence-electron chi connectivity index (χ1n) is 7.28. The molecule has 0 atom stereocenters. The first-order valence-corrected chi connectivity index (χ1v) is 8.03. The Balaban J connectivity index is 1.64. The molecule has 23 heavy (non-hydrogen) atoms. The van der Waals surface area contributed by atoms with Gasteiger partial charge in [-0.25, -0.2) is 4.98 Å². The lowest BCUT2D eigenvalue weighted by atomic mass is 10.1. The topological polar surface area (TPSA) is 83.2 Å². The van der Waals surface area contributed by atoms with Crippen molar-refractivity contribution in [2.24, 2.45) is 0 Å². The largest absolute Gasteiger partial charge is 0.382 e. The summed E-state index contributed by atoms with van der Waals surface area (Å²) in [6.07, 6.45) is 1.68. The predicted octanol–water partition coefficient (Wildman–Crippen LogP) is 2.78. The number of hydrogen-bond acceptors (Lipinski definition) is 6. The Labute approximate surface area is 143 Å². The molecule has 0 saturated carbocycles. The van der Waals surface area contributed by atoms with Gasteiger partial charge in [0.05, 0.1) is 23.3 Å². The van der Waals surface area contributed by atoms with Gasteiger partial charge < -0.3 is 15.2 Å². The summed E-state index contributed by atoms with van der Waals surface area (Å²) in [6, 6.07) is 5.26. The zero-order valence-corrected chi connectivity index (χ0v) is 13.8. The average Bonchev–Trinajstić information content (AvgIpc) is 2.49. The Bertz CT molecular complexity index is 695. The summed E-state index contributed by atoms with van der Waals surface area (Å²) in [5, 5.41) is 9.09. The average molecular weight is 355 g/mol. The number of anilines is 1. The molecule has 2 heterocycles. The van der Waals surface area contributed by atoms with Gasteiger partial charge in [0.1, 0.15) is 11.8 Å². The van der Waals surface area contributed by atoms with E-state index in [-0.39, 0.29) is 11.9 Å². The van der Waals surface area contributed by atoms with Crippen LogP contribution < -0.4 is 5.73 Å². The summed E-state index contributed by atoms with van der Waals surface area (Å²) in [6.45, 7) is 2.00. The van der Waals surface area contributed by atoms with Gasteiger partial charge in [-0.1, -0.05) is 35.3 Å². The van der Waals surface area contributed by atoms with Crippen LogP contribution in [0.4, 0.5) is 5.82 Å². The number of rotatable bonds is 6. The zero-order chi connectivity index (χ0) is 16.2. The standard InChI is InChI=1S/C15H16Cl2N4O2/c16-11-4-1-3-10(13(11)17)14-15(18)19-12(20-21-14)5-2-6-23-9-7-22-8-9/h1,3-4,9H,2,5-8H2,(H2,18,19,20). The highest BCUT2D eigenvalue weighted by Crippen LogP contribution is 2.34. The van der Waals surface area contributed by atoms with E-state index in [0.29, 0.717) is 53.4 Å². The van der Waals surface area contributed by atoms with Gasteiger partial charge in [0.25, 0.3) is 0 Å². The van der Waals surface area contributed by atoms with Crippen molar-refractivity contribution in [3.05, 3.63) is 34.1 Å². The lowest BCUT2D eigenvalue weighted by Crippen LogP contribution is -2.36. The van der Waals surface area contributed by atoms with Crippen molar-refractivity contribution >= 4 is 29.0 Å². The number of nitrogens with two attached hydrogens (primary N) is 1. The van der Waals surface area contributed by atoms with Crippen molar-refractivity contribution < 1.29 is 9.47 Å². The molecule has 1 aliphatic rings. The van der Waals surface area contributed by atoms with Gasteiger partial charge in [-0.15, -0.1) is 10.2 Å². The van der Waals surface area contributed by atoms with Crippen LogP contribution in [0.15, 0.2) is 18.2 Å². The van der Waals surface area contributed by atoms with Crippen LogP contribution in [0, 0.1) is 0 Å². The van der Waals surface area contributed by atoms with Crippen molar-refractivity contribution in [2.45, 2.75) is 18.9 Å². The lowest BCUT2D eigenvalue weighted by molar-refractivity contribution is -0.129. The van der Waals surface area contributed by atoms with E-state index in [9.17, 15) is 0 Å². The van der Waals surface area contributed by atoms with Crippen LogP contribution in [0.25, 0.3) is 11.3 Å². The van der Waals surface area contributed by atoms with Crippen LogP contribution in [-0.2, 0) is 15.9 Å². The second-order valence-corrected chi connectivity index (χ2v) is 5.98. The molecule has 1 fully saturated rings. The molecule has 1 saturated heterocycles. The van der Waals surface area contributed by atoms with Gasteiger partial charge in [-0.05, 0) is 12.5 Å². The molecule has 0 radical (unpaired) electrons. The molecule has 0 amide bonds. The Morgan fingerprint density at radius 1 is 1.26 bits per heavy atom. The number of nitrogens with zero attached hydrogens (tertiary/aromatic N) is 3. The number of halogens is 2. The number of benzene rings is 1. The normalized spacial score (nSPS) is 14.7. The van der Waals surface area contributed by atoms with Crippen LogP contribution in [-0.4, -0.2) is 41.1 Å². The van der Waals surface area contributed by atoms with E-state index in [1.54, 1.807) is 18.2 Å². The molecule has 0 unspecified atom stereocenters. The van der Waals surface area contributed by atoms with E-state index < -0.39 is 0 Å². The van der Waals surface area contributed by atoms with Crippen molar-refractivity contribution in [3.8, 4) is 11.3 Å². The number of aryl methyl sites for hydroxylation is 1.